The number of hydrogen-bond acceptors (Lipinski definition) is 0. The van der Waals surface area contributed by atoms with Gasteiger partial charge in [-0.15, -0.1) is 0 Å². The molecule has 0 amide bonds. The predicted octanol–water partition coefficient (Wildman–Crippen LogP) is -27.0. The normalized spacial score (nSPS) is 9.76. The zero-order valence-corrected chi connectivity index (χ0v) is 41.0. The molecule has 71 heavy (non-hydrogen) atoms. The van der Waals surface area contributed by atoms with Crippen LogP contribution >= 0.6 is 0 Å². The van der Waals surface area contributed by atoms with E-state index in [9.17, 15) is 0 Å². The van der Waals surface area contributed by atoms with E-state index in [-0.39, 0.29) is 0 Å². The van der Waals surface area contributed by atoms with Crippen molar-refractivity contribution in [3.8, 4) is 0 Å². The summed E-state index contributed by atoms with van der Waals surface area (Å²) in [4.78, 5) is 0. The van der Waals surface area contributed by atoms with Crippen molar-refractivity contribution in [1.29, 1.82) is 0 Å². The predicted molar refractivity (Wildman–Crippen MR) is 409 cm³/mol. The lowest BCUT2D eigenvalue weighted by atomic mass is 8.21. The van der Waals surface area contributed by atoms with Gasteiger partial charge in [-0.1, -0.05) is 0 Å². The summed E-state index contributed by atoms with van der Waals surface area (Å²) >= 11 is 0. The van der Waals surface area contributed by atoms with Gasteiger partial charge in [0.25, 0.3) is 0 Å². The van der Waals surface area contributed by atoms with Crippen LogP contribution in [-0.2, 0) is 0 Å². The summed E-state index contributed by atoms with van der Waals surface area (Å²) in [5.74, 6) is 0. The molecule has 0 atom stereocenters. The topological polar surface area (TPSA) is 0 Å². The fourth-order valence-corrected chi connectivity index (χ4v) is 12.4. The van der Waals surface area contributed by atoms with Gasteiger partial charge in [-0.2, -0.15) is 0 Å². The van der Waals surface area contributed by atoms with Crippen LogP contribution in [0.2, 0.25) is 0 Å². The van der Waals surface area contributed by atoms with E-state index < -0.39 is 217 Å². The van der Waals surface area contributed by atoms with Crippen LogP contribution < -0.4 is 0 Å². The zero-order valence-electron chi connectivity index (χ0n) is 41.0. The third-order valence-electron chi connectivity index (χ3n) is 14.9. The molecule has 0 aliphatic carbocycles. The summed E-state index contributed by atoms with van der Waals surface area (Å²) < 4.78 is 0. The highest BCUT2D eigenvalue weighted by Crippen LogP contribution is 2.26. The second-order valence-corrected chi connectivity index (χ2v) is 19.8. The Morgan fingerprint density at radius 2 is 0.225 bits per heavy atom. The highest BCUT2D eigenvalue weighted by molar-refractivity contribution is 8.40. The first kappa shape index (κ1) is 75.6. The molecule has 0 nitrogen and oxygen atoms in total. The first-order chi connectivity index (χ1) is 32.3. The lowest BCUT2D eigenvalue weighted by Gasteiger charge is -2.60. The van der Waals surface area contributed by atoms with Crippen molar-refractivity contribution in [2.75, 3.05) is 0 Å². The van der Waals surface area contributed by atoms with Crippen LogP contribution in [0.3, 0.4) is 0 Å². The molecular weight excluding hydrogens is 768 g/mol. The minimum absolute atomic E-state index is 1.06. The van der Waals surface area contributed by atoms with E-state index in [2.05, 4.69) is 0 Å². The van der Waals surface area contributed by atoms with E-state index in [4.69, 9.17) is 279 Å². The Bertz CT molecular complexity index is 1160. The third-order valence-corrected chi connectivity index (χ3v) is 14.9. The quantitative estimate of drug-likeness (QED) is 0.0572. The van der Waals surface area contributed by atoms with Crippen molar-refractivity contribution in [1.82, 2.24) is 0 Å². The third kappa shape index (κ3) is 20.5. The first-order valence-electron chi connectivity index (χ1n) is 23.3. The summed E-state index contributed by atoms with van der Waals surface area (Å²) in [5, 5.41) is 0. The van der Waals surface area contributed by atoms with E-state index >= 15 is 0 Å². The number of hydrogen-bond donors (Lipinski definition) is 0. The van der Waals surface area contributed by atoms with Crippen LogP contribution in [0, 0.1) is 0 Å². The van der Waals surface area contributed by atoms with E-state index in [1.165, 1.54) is 0 Å². The van der Waals surface area contributed by atoms with Gasteiger partial charge in [-0.05, 0) is 364 Å². The molecule has 0 aromatic carbocycles. The molecule has 0 bridgehead atoms. The maximum atomic E-state index is 7.06. The number of rotatable bonds is 34. The molecule has 0 aliphatic heterocycles. The Labute approximate surface area is 498 Å². The van der Waals surface area contributed by atoms with E-state index in [1.54, 1.807) is 0 Å². The van der Waals surface area contributed by atoms with E-state index in [0.717, 1.165) is 7.06 Å². The van der Waals surface area contributed by atoms with Gasteiger partial charge in [0.2, 0.25) is 0 Å². The maximum Gasteiger partial charge on any atom is 0 e. The molecule has 0 aliphatic rings. The lowest BCUT2D eigenvalue weighted by molar-refractivity contribution is 3.15. The second-order valence-electron chi connectivity index (χ2n) is 19.8. The van der Waals surface area contributed by atoms with Gasteiger partial charge in [-0.3, -0.25) is 7.06 Å². The van der Waals surface area contributed by atoms with Crippen molar-refractivity contribution in [3.05, 3.63) is 0 Å². The van der Waals surface area contributed by atoms with E-state index in [1.807, 2.05) is 0 Å². The van der Waals surface area contributed by atoms with Gasteiger partial charge in [0.1, 0.15) is 0 Å². The average molecular weight is 768 g/mol. The minimum atomic E-state index is -1.72. The Morgan fingerprint density at radius 3 is 0.310 bits per heavy atom. The summed E-state index contributed by atoms with van der Waals surface area (Å²) in [7, 11) is 244. The summed E-state index contributed by atoms with van der Waals surface area (Å²) in [6.45, 7) is 0. The van der Waals surface area contributed by atoms with Gasteiger partial charge >= 0.3 is 0 Å². The standard InChI is InChI=1S/B71/c1-37-55(36)64(54(34)35)69(65(56(38(2)3)39(4)5)57(40(6)7)41(8)9)71(68(62(50(26)27)51(28)29)63(52(30)31)53(32)33)70(66(58(42(10)11)43(12)13)59(44(14)15)45(16)17)67(60(46(18)19)47(20)21)61(48(22)23)49(24)25/q-1. The molecular formula is B71-. The van der Waals surface area contributed by atoms with Crippen LogP contribution in [0.1, 0.15) is 0 Å². The van der Waals surface area contributed by atoms with Gasteiger partial charge in [-0.25, -0.2) is 0 Å². The molecule has 71 heteroatoms. The van der Waals surface area contributed by atoms with Crippen molar-refractivity contribution in [2.24, 2.45) is 0 Å². The molecule has 0 fully saturated rings. The molecule has 0 aromatic heterocycles. The molecule has 74 radical (unpaired) electrons. The molecule has 0 unspecified atom stereocenters. The molecule has 0 saturated heterocycles. The monoisotopic (exact) mass is 782 g/mol. The maximum absolute atomic E-state index is 7.06. The Balaban J connectivity index is 11.8. The molecule has 0 saturated carbocycles. The molecule has 0 rings (SSSR count). The lowest BCUT2D eigenvalue weighted by Crippen LogP contribution is -2.98. The van der Waals surface area contributed by atoms with Crippen LogP contribution in [0.5, 0.6) is 0 Å². The zero-order chi connectivity index (χ0) is 56.3. The molecule has 214 valence electrons. The fourth-order valence-electron chi connectivity index (χ4n) is 12.4. The van der Waals surface area contributed by atoms with Gasteiger partial charge in [0.05, 0.1) is 0 Å². The molecule has 0 spiro atoms. The van der Waals surface area contributed by atoms with Gasteiger partial charge in [0, 0.05) is 124 Å². The fraction of sp³-hybridized carbons (Fsp3) is 0. The van der Waals surface area contributed by atoms with Crippen molar-refractivity contribution in [3.63, 3.8) is 0 Å². The van der Waals surface area contributed by atoms with Gasteiger partial charge < -0.3 is 7.74 Å². The molecule has 0 aromatic rings. The Kier molecular flexibility index (Phi) is 37.2. The highest BCUT2D eigenvalue weighted by atomic mass is 13.5. The summed E-state index contributed by atoms with van der Waals surface area (Å²) in [6, 6.07) is 0. The smallest absolute Gasteiger partial charge is 0 e. The Morgan fingerprint density at radius 1 is 0.141 bits per heavy atom. The van der Waals surface area contributed by atoms with Crippen molar-refractivity contribution < 1.29 is 0 Å². The van der Waals surface area contributed by atoms with Crippen molar-refractivity contribution >= 4 is 503 Å². The SMILES string of the molecule is [B]B([B])B(B([B])[B])B(B(B([B])[B])B([B])[B])B(B(B([B])[B])B([B])[B][B-])B(B(B(B([B])[B])B([B])[B])B(B([B])[B])B([B])[B])B(B(B(B([B])[B])B([B])[B])B(B([B])[B])B([B])[B])B(B(B([B])[B])B([B])[B])B(B([B])[B])B([B])[B]. The summed E-state index contributed by atoms with van der Waals surface area (Å²) in [6.07, 6.45) is -52.7. The Hall–Kier alpha value is 4.61. The average Bonchev–Trinajstić information content (AvgIpc) is 3.15. The van der Waals surface area contributed by atoms with Crippen LogP contribution in [0.15, 0.2) is 0 Å². The van der Waals surface area contributed by atoms with Crippen molar-refractivity contribution in [2.45, 2.75) is 0 Å². The second kappa shape index (κ2) is 34.9. The molecule has 0 heterocycles. The molecule has 0 N–H and O–H groups in total. The highest BCUT2D eigenvalue weighted by Gasteiger charge is 2.64. The van der Waals surface area contributed by atoms with Crippen LogP contribution in [0.4, 0.5) is 0 Å². The van der Waals surface area contributed by atoms with Crippen LogP contribution in [-0.4, -0.2) is 503 Å². The van der Waals surface area contributed by atoms with Crippen LogP contribution in [0.25, 0.3) is 0 Å². The summed E-state index contributed by atoms with van der Waals surface area (Å²) in [5.41, 5.74) is 0. The first-order valence-corrected chi connectivity index (χ1v) is 23.3. The van der Waals surface area contributed by atoms with E-state index in [0.29, 0.717) is 0 Å². The minimum Gasteiger partial charge on any atom is -0.690 e. The largest absolute Gasteiger partial charge is 0.690 e. The van der Waals surface area contributed by atoms with Gasteiger partial charge in [0.15, 0.2) is 0 Å².